The first kappa shape index (κ1) is 27.3. The molecule has 202 valence electrons. The molecule has 2 aromatic rings. The number of benzene rings is 1. The average Bonchev–Trinajstić information content (AvgIpc) is 2.90. The van der Waals surface area contributed by atoms with Crippen LogP contribution < -0.4 is 16.1 Å². The maximum absolute atomic E-state index is 13.1. The van der Waals surface area contributed by atoms with Crippen molar-refractivity contribution >= 4 is 40.7 Å². The number of ether oxygens (including phenoxy) is 1. The number of amides is 3. The fourth-order valence-corrected chi connectivity index (χ4v) is 4.58. The van der Waals surface area contributed by atoms with Crippen molar-refractivity contribution < 1.29 is 23.9 Å². The number of fused-ring (bicyclic) bond motifs is 4. The summed E-state index contributed by atoms with van der Waals surface area (Å²) in [7, 11) is 0. The van der Waals surface area contributed by atoms with Gasteiger partial charge in [0.15, 0.2) is 0 Å². The molecule has 38 heavy (non-hydrogen) atoms. The van der Waals surface area contributed by atoms with Crippen LogP contribution in [0.2, 0.25) is 0 Å². The Balaban J connectivity index is 1.64. The van der Waals surface area contributed by atoms with Crippen LogP contribution >= 0.6 is 0 Å². The molecule has 0 spiro atoms. The molecule has 1 aromatic carbocycles. The number of aromatic nitrogens is 1. The van der Waals surface area contributed by atoms with E-state index in [1.165, 1.54) is 5.01 Å². The van der Waals surface area contributed by atoms with Gasteiger partial charge in [0.2, 0.25) is 11.8 Å². The van der Waals surface area contributed by atoms with Gasteiger partial charge in [-0.15, -0.1) is 0 Å². The van der Waals surface area contributed by atoms with E-state index in [2.05, 4.69) is 16.1 Å². The highest BCUT2D eigenvalue weighted by atomic mass is 16.5. The van der Waals surface area contributed by atoms with Gasteiger partial charge in [-0.1, -0.05) is 44.2 Å². The van der Waals surface area contributed by atoms with E-state index in [0.29, 0.717) is 25.1 Å². The molecular weight excluding hydrogens is 486 g/mol. The fourth-order valence-electron chi connectivity index (χ4n) is 4.58. The van der Waals surface area contributed by atoms with Gasteiger partial charge in [0, 0.05) is 18.4 Å². The second-order valence-electron chi connectivity index (χ2n) is 10.2. The molecule has 0 unspecified atom stereocenters. The summed E-state index contributed by atoms with van der Waals surface area (Å²) < 4.78 is 5.72. The number of nitrogens with zero attached hydrogens (tertiary/aromatic N) is 2. The number of carbonyl (C=O) groups is 4. The van der Waals surface area contributed by atoms with Crippen LogP contribution in [0.1, 0.15) is 64.3 Å². The maximum Gasteiger partial charge on any atom is 0.325 e. The van der Waals surface area contributed by atoms with E-state index in [-0.39, 0.29) is 24.2 Å². The summed E-state index contributed by atoms with van der Waals surface area (Å²) in [5.74, 6) is -1.79. The first-order chi connectivity index (χ1) is 18.1. The number of hydrogen-bond acceptors (Lipinski definition) is 7. The highest BCUT2D eigenvalue weighted by molar-refractivity contribution is 5.92. The zero-order valence-electron chi connectivity index (χ0n) is 22.2. The van der Waals surface area contributed by atoms with Gasteiger partial charge < -0.3 is 15.4 Å². The summed E-state index contributed by atoms with van der Waals surface area (Å²) in [6.45, 7) is 7.39. The Kier molecular flexibility index (Phi) is 8.41. The molecular formula is C28H35N5O5. The number of pyridine rings is 1. The van der Waals surface area contributed by atoms with Crippen LogP contribution in [-0.4, -0.2) is 58.4 Å². The Morgan fingerprint density at radius 3 is 2.58 bits per heavy atom. The van der Waals surface area contributed by atoms with Gasteiger partial charge in [-0.3, -0.25) is 24.2 Å². The van der Waals surface area contributed by atoms with Crippen LogP contribution in [0.3, 0.4) is 0 Å². The van der Waals surface area contributed by atoms with Crippen molar-refractivity contribution in [2.24, 2.45) is 5.92 Å². The minimum absolute atomic E-state index is 0.0859. The number of hydrazine groups is 1. The fraction of sp³-hybridized carbons (Fsp3) is 0.464. The van der Waals surface area contributed by atoms with Crippen LogP contribution in [0.4, 0.5) is 0 Å². The molecule has 5 bridgehead atoms. The highest BCUT2D eigenvalue weighted by Crippen LogP contribution is 2.22. The Morgan fingerprint density at radius 1 is 1.05 bits per heavy atom. The molecule has 4 rings (SSSR count). The van der Waals surface area contributed by atoms with E-state index in [9.17, 15) is 19.2 Å². The van der Waals surface area contributed by atoms with Crippen LogP contribution in [0.15, 0.2) is 36.4 Å². The second kappa shape index (κ2) is 11.7. The molecule has 10 nitrogen and oxygen atoms in total. The zero-order chi connectivity index (χ0) is 27.4. The Labute approximate surface area is 222 Å². The van der Waals surface area contributed by atoms with Crippen molar-refractivity contribution in [3.8, 4) is 0 Å². The lowest BCUT2D eigenvalue weighted by molar-refractivity contribution is -0.157. The van der Waals surface area contributed by atoms with Gasteiger partial charge in [0.25, 0.3) is 5.91 Å². The van der Waals surface area contributed by atoms with Gasteiger partial charge in [-0.2, -0.15) is 0 Å². The Hall–Kier alpha value is -3.79. The predicted octanol–water partition coefficient (Wildman–Crippen LogP) is 2.40. The molecule has 1 fully saturated rings. The van der Waals surface area contributed by atoms with E-state index in [0.717, 1.165) is 16.5 Å². The summed E-state index contributed by atoms with van der Waals surface area (Å²) in [4.78, 5) is 56.4. The van der Waals surface area contributed by atoms with Crippen molar-refractivity contribution in [2.75, 3.05) is 6.54 Å². The third-order valence-corrected chi connectivity index (χ3v) is 6.79. The van der Waals surface area contributed by atoms with E-state index >= 15 is 0 Å². The van der Waals surface area contributed by atoms with Crippen molar-refractivity contribution in [3.05, 3.63) is 47.7 Å². The minimum atomic E-state index is -0.863. The van der Waals surface area contributed by atoms with E-state index in [1.54, 1.807) is 19.9 Å². The number of esters is 1. The average molecular weight is 522 g/mol. The molecule has 0 radical (unpaired) electrons. The van der Waals surface area contributed by atoms with Crippen LogP contribution in [0.5, 0.6) is 0 Å². The first-order valence-corrected chi connectivity index (χ1v) is 13.1. The van der Waals surface area contributed by atoms with Gasteiger partial charge in [0.05, 0.1) is 11.2 Å². The van der Waals surface area contributed by atoms with Crippen LogP contribution in [0, 0.1) is 5.92 Å². The lowest BCUT2D eigenvalue weighted by Crippen LogP contribution is -2.61. The topological polar surface area (TPSA) is 130 Å². The van der Waals surface area contributed by atoms with Crippen molar-refractivity contribution in [1.29, 1.82) is 0 Å². The predicted molar refractivity (Wildman–Crippen MR) is 142 cm³/mol. The monoisotopic (exact) mass is 521 g/mol. The number of rotatable bonds is 1. The third-order valence-electron chi connectivity index (χ3n) is 6.79. The molecule has 3 heterocycles. The molecule has 10 heteroatoms. The molecule has 4 atom stereocenters. The third kappa shape index (κ3) is 6.36. The number of nitrogens with one attached hydrogen (secondary N) is 3. The van der Waals surface area contributed by atoms with Crippen LogP contribution in [0.25, 0.3) is 17.0 Å². The van der Waals surface area contributed by atoms with Gasteiger partial charge in [-0.05, 0) is 50.3 Å². The molecule has 3 N–H and O–H groups in total. The molecule has 3 amide bonds. The standard InChI is InChI=1S/C28H35N5O5/c1-16(2)25-26(35)29-17(3)27(36)33-14-6-8-22(32-33)28(37)38-18(4)21-13-12-20-11-10-19(15-23(20)30-21)7-5-9-24(34)31-25/h5,7,10-13,15-18,22,25,32H,6,8-9,14H2,1-4H3,(H,29,35)(H,31,34)/b7-5+/t17-,18+,22-,25-/m0/s1. The number of hydrogen-bond donors (Lipinski definition) is 3. The second-order valence-corrected chi connectivity index (χ2v) is 10.2. The summed E-state index contributed by atoms with van der Waals surface area (Å²) in [6, 6.07) is 7.16. The quantitative estimate of drug-likeness (QED) is 0.492. The number of carbonyl (C=O) groups excluding carboxylic acids is 4. The van der Waals surface area contributed by atoms with E-state index < -0.39 is 36.1 Å². The number of cyclic esters (lactones) is 1. The normalized spacial score (nSPS) is 26.6. The smallest absolute Gasteiger partial charge is 0.325 e. The van der Waals surface area contributed by atoms with Gasteiger partial charge in [0.1, 0.15) is 24.2 Å². The van der Waals surface area contributed by atoms with Gasteiger partial charge >= 0.3 is 5.97 Å². The Bertz CT molecular complexity index is 1260. The van der Waals surface area contributed by atoms with Gasteiger partial charge in [-0.25, -0.2) is 10.4 Å². The van der Waals surface area contributed by atoms with E-state index in [1.807, 2.05) is 50.3 Å². The summed E-state index contributed by atoms with van der Waals surface area (Å²) >= 11 is 0. The highest BCUT2D eigenvalue weighted by Gasteiger charge is 2.33. The summed E-state index contributed by atoms with van der Waals surface area (Å²) in [6.07, 6.45) is 4.16. The Morgan fingerprint density at radius 2 is 1.82 bits per heavy atom. The molecule has 2 aliphatic heterocycles. The van der Waals surface area contributed by atoms with E-state index in [4.69, 9.17) is 9.72 Å². The van der Waals surface area contributed by atoms with Crippen molar-refractivity contribution in [3.63, 3.8) is 0 Å². The SMILES string of the molecule is CC(C)[C@@H]1NC(=O)C/C=C/c2ccc3ccc(nc3c2)[C@@H](C)OC(=O)[C@@H]2CCCN(N2)C(=O)[C@H](C)NC1=O. The molecule has 0 aliphatic carbocycles. The molecule has 1 saturated heterocycles. The summed E-state index contributed by atoms with van der Waals surface area (Å²) in [5.41, 5.74) is 5.17. The minimum Gasteiger partial charge on any atom is -0.455 e. The zero-order valence-corrected chi connectivity index (χ0v) is 22.2. The lowest BCUT2D eigenvalue weighted by atomic mass is 10.0. The van der Waals surface area contributed by atoms with Crippen molar-refractivity contribution in [1.82, 2.24) is 26.1 Å². The molecule has 2 aliphatic rings. The molecule has 0 saturated carbocycles. The lowest BCUT2D eigenvalue weighted by Gasteiger charge is -2.35. The van der Waals surface area contributed by atoms with Crippen LogP contribution in [-0.2, 0) is 23.9 Å². The summed E-state index contributed by atoms with van der Waals surface area (Å²) in [5, 5.41) is 7.79. The largest absolute Gasteiger partial charge is 0.455 e. The maximum atomic E-state index is 13.1. The first-order valence-electron chi connectivity index (χ1n) is 13.1. The molecule has 1 aromatic heterocycles. The van der Waals surface area contributed by atoms with Crippen molar-refractivity contribution in [2.45, 2.75) is 71.2 Å².